The number of hydrogen-bond acceptors (Lipinski definition) is 2. The molecular formula is C28H21NS. The third-order valence-corrected chi connectivity index (χ3v) is 7.35. The summed E-state index contributed by atoms with van der Waals surface area (Å²) in [6.45, 7) is 0. The number of anilines is 2. The van der Waals surface area contributed by atoms with Gasteiger partial charge < -0.3 is 5.32 Å². The standard InChI is InChI=1S/C28H21NS/c1-2-8-23-20(6-1)7-5-10-26(23)29-22-15-12-19(13-16-22)21-14-17-28-25(18-21)24-9-3-4-11-27(24)30-28/h1-18,25,28-29H. The molecule has 0 saturated heterocycles. The Balaban J connectivity index is 1.27. The first-order valence-electron chi connectivity index (χ1n) is 10.4. The number of hydrogen-bond donors (Lipinski definition) is 1. The lowest BCUT2D eigenvalue weighted by atomic mass is 9.87. The number of allylic oxidation sites excluding steroid dienone is 3. The van der Waals surface area contributed by atoms with Crippen molar-refractivity contribution < 1.29 is 0 Å². The van der Waals surface area contributed by atoms with Gasteiger partial charge in [0.15, 0.2) is 0 Å². The molecule has 2 aliphatic rings. The van der Waals surface area contributed by atoms with Crippen LogP contribution in [0.25, 0.3) is 16.3 Å². The summed E-state index contributed by atoms with van der Waals surface area (Å²) in [5.41, 5.74) is 6.28. The van der Waals surface area contributed by atoms with Crippen LogP contribution in [0.4, 0.5) is 11.4 Å². The third-order valence-electron chi connectivity index (χ3n) is 6.01. The predicted octanol–water partition coefficient (Wildman–Crippen LogP) is 7.79. The van der Waals surface area contributed by atoms with E-state index in [1.54, 1.807) is 0 Å². The van der Waals surface area contributed by atoms with Gasteiger partial charge in [-0.15, -0.1) is 11.8 Å². The van der Waals surface area contributed by atoms with E-state index in [2.05, 4.69) is 115 Å². The molecule has 0 fully saturated rings. The van der Waals surface area contributed by atoms with Crippen molar-refractivity contribution in [3.63, 3.8) is 0 Å². The fraction of sp³-hybridized carbons (Fsp3) is 0.0714. The Morgan fingerprint density at radius 1 is 0.733 bits per heavy atom. The molecule has 1 heterocycles. The molecule has 1 aliphatic heterocycles. The van der Waals surface area contributed by atoms with Gasteiger partial charge in [0.1, 0.15) is 0 Å². The summed E-state index contributed by atoms with van der Waals surface area (Å²) in [6.07, 6.45) is 7.09. The van der Waals surface area contributed by atoms with Crippen molar-refractivity contribution in [2.45, 2.75) is 16.1 Å². The molecule has 0 radical (unpaired) electrons. The second-order valence-electron chi connectivity index (χ2n) is 7.86. The molecule has 0 bridgehead atoms. The van der Waals surface area contributed by atoms with Crippen molar-refractivity contribution in [1.82, 2.24) is 0 Å². The quantitative estimate of drug-likeness (QED) is 0.374. The molecule has 1 nitrogen and oxygen atoms in total. The fourth-order valence-electron chi connectivity index (χ4n) is 4.48. The van der Waals surface area contributed by atoms with E-state index in [0.717, 1.165) is 11.4 Å². The van der Waals surface area contributed by atoms with Crippen LogP contribution >= 0.6 is 11.8 Å². The van der Waals surface area contributed by atoms with Gasteiger partial charge in [-0.3, -0.25) is 0 Å². The van der Waals surface area contributed by atoms with Crippen LogP contribution in [-0.2, 0) is 0 Å². The number of rotatable bonds is 3. The molecule has 4 aromatic rings. The Bertz CT molecular complexity index is 1290. The topological polar surface area (TPSA) is 12.0 Å². The molecule has 2 unspecified atom stereocenters. The molecule has 2 atom stereocenters. The summed E-state index contributed by atoms with van der Waals surface area (Å²) in [5, 5.41) is 6.60. The van der Waals surface area contributed by atoms with Crippen LogP contribution in [0, 0.1) is 0 Å². The maximum absolute atomic E-state index is 3.59. The van der Waals surface area contributed by atoms with Crippen LogP contribution in [-0.4, -0.2) is 5.25 Å². The van der Waals surface area contributed by atoms with Gasteiger partial charge >= 0.3 is 0 Å². The molecule has 6 rings (SSSR count). The fourth-order valence-corrected chi connectivity index (χ4v) is 5.80. The molecule has 0 aromatic heterocycles. The minimum absolute atomic E-state index is 0.472. The largest absolute Gasteiger partial charge is 0.355 e. The van der Waals surface area contributed by atoms with E-state index in [-0.39, 0.29) is 0 Å². The average Bonchev–Trinajstić information content (AvgIpc) is 3.18. The zero-order chi connectivity index (χ0) is 19.9. The van der Waals surface area contributed by atoms with Gasteiger partial charge in [0, 0.05) is 32.8 Å². The highest BCUT2D eigenvalue weighted by molar-refractivity contribution is 8.00. The van der Waals surface area contributed by atoms with Crippen molar-refractivity contribution in [3.8, 4) is 0 Å². The van der Waals surface area contributed by atoms with Crippen LogP contribution in [0.3, 0.4) is 0 Å². The molecule has 144 valence electrons. The number of benzene rings is 4. The third kappa shape index (κ3) is 3.05. The van der Waals surface area contributed by atoms with E-state index in [1.165, 1.54) is 32.4 Å². The second-order valence-corrected chi connectivity index (χ2v) is 9.08. The van der Waals surface area contributed by atoms with E-state index in [1.807, 2.05) is 11.8 Å². The molecule has 1 N–H and O–H groups in total. The summed E-state index contributed by atoms with van der Waals surface area (Å²) >= 11 is 1.98. The van der Waals surface area contributed by atoms with Crippen molar-refractivity contribution in [1.29, 1.82) is 0 Å². The lowest BCUT2D eigenvalue weighted by molar-refractivity contribution is 0.884. The molecule has 4 aromatic carbocycles. The summed E-state index contributed by atoms with van der Waals surface area (Å²) in [7, 11) is 0. The summed E-state index contributed by atoms with van der Waals surface area (Å²) in [5.74, 6) is 0.472. The first kappa shape index (κ1) is 17.6. The zero-order valence-electron chi connectivity index (χ0n) is 16.5. The van der Waals surface area contributed by atoms with Gasteiger partial charge in [-0.2, -0.15) is 0 Å². The Hall–Kier alpha value is -3.23. The number of fused-ring (bicyclic) bond motifs is 4. The SMILES string of the molecule is C1=CC2Sc3ccccc3C2C=C1c1ccc(Nc2cccc3ccccc23)cc1. The van der Waals surface area contributed by atoms with Crippen LogP contribution in [0.5, 0.6) is 0 Å². The maximum atomic E-state index is 3.59. The normalized spacial score (nSPS) is 19.3. The molecular weight excluding hydrogens is 382 g/mol. The Morgan fingerprint density at radius 2 is 1.53 bits per heavy atom. The highest BCUT2D eigenvalue weighted by Gasteiger charge is 2.31. The highest BCUT2D eigenvalue weighted by Crippen LogP contribution is 2.49. The molecule has 30 heavy (non-hydrogen) atoms. The van der Waals surface area contributed by atoms with E-state index < -0.39 is 0 Å². The second kappa shape index (κ2) is 7.23. The molecule has 2 heteroatoms. The Kier molecular flexibility index (Phi) is 4.24. The van der Waals surface area contributed by atoms with Crippen LogP contribution < -0.4 is 5.32 Å². The Morgan fingerprint density at radius 3 is 2.47 bits per heavy atom. The van der Waals surface area contributed by atoms with Crippen molar-refractivity contribution in [3.05, 3.63) is 120 Å². The molecule has 0 amide bonds. The van der Waals surface area contributed by atoms with Gasteiger partial charge in [-0.05, 0) is 46.4 Å². The van der Waals surface area contributed by atoms with Gasteiger partial charge in [0.25, 0.3) is 0 Å². The first-order valence-corrected chi connectivity index (χ1v) is 11.2. The predicted molar refractivity (Wildman–Crippen MR) is 130 cm³/mol. The van der Waals surface area contributed by atoms with Crippen LogP contribution in [0.1, 0.15) is 17.0 Å². The zero-order valence-corrected chi connectivity index (χ0v) is 17.3. The van der Waals surface area contributed by atoms with Crippen molar-refractivity contribution >= 4 is 39.5 Å². The van der Waals surface area contributed by atoms with Gasteiger partial charge in [0.2, 0.25) is 0 Å². The van der Waals surface area contributed by atoms with E-state index in [0.29, 0.717) is 11.2 Å². The van der Waals surface area contributed by atoms with Crippen LogP contribution in [0.15, 0.2) is 114 Å². The molecule has 1 aliphatic carbocycles. The summed E-state index contributed by atoms with van der Waals surface area (Å²) < 4.78 is 0. The summed E-state index contributed by atoms with van der Waals surface area (Å²) in [6, 6.07) is 32.5. The summed E-state index contributed by atoms with van der Waals surface area (Å²) in [4.78, 5) is 1.42. The van der Waals surface area contributed by atoms with Gasteiger partial charge in [-0.25, -0.2) is 0 Å². The molecule has 0 saturated carbocycles. The smallest absolute Gasteiger partial charge is 0.0463 e. The minimum atomic E-state index is 0.472. The average molecular weight is 404 g/mol. The Labute approximate surface area is 181 Å². The lowest BCUT2D eigenvalue weighted by Gasteiger charge is -2.19. The van der Waals surface area contributed by atoms with Gasteiger partial charge in [0.05, 0.1) is 0 Å². The van der Waals surface area contributed by atoms with E-state index >= 15 is 0 Å². The van der Waals surface area contributed by atoms with Crippen LogP contribution in [0.2, 0.25) is 0 Å². The van der Waals surface area contributed by atoms with E-state index in [9.17, 15) is 0 Å². The first-order chi connectivity index (χ1) is 14.8. The van der Waals surface area contributed by atoms with Crippen molar-refractivity contribution in [2.75, 3.05) is 5.32 Å². The molecule has 0 spiro atoms. The van der Waals surface area contributed by atoms with E-state index in [4.69, 9.17) is 0 Å². The number of nitrogens with one attached hydrogen (secondary N) is 1. The lowest BCUT2D eigenvalue weighted by Crippen LogP contribution is -2.08. The van der Waals surface area contributed by atoms with Crippen molar-refractivity contribution in [2.24, 2.45) is 0 Å². The number of thioether (sulfide) groups is 1. The van der Waals surface area contributed by atoms with Gasteiger partial charge in [-0.1, -0.05) is 85.0 Å². The monoisotopic (exact) mass is 403 g/mol. The minimum Gasteiger partial charge on any atom is -0.355 e. The maximum Gasteiger partial charge on any atom is 0.0463 e. The highest BCUT2D eigenvalue weighted by atomic mass is 32.2.